The second-order valence-electron chi connectivity index (χ2n) is 7.56. The summed E-state index contributed by atoms with van der Waals surface area (Å²) in [5.41, 5.74) is 8.54. The Morgan fingerprint density at radius 1 is 1.03 bits per heavy atom. The predicted octanol–water partition coefficient (Wildman–Crippen LogP) is 1.86. The van der Waals surface area contributed by atoms with Gasteiger partial charge in [-0.15, -0.1) is 0 Å². The van der Waals surface area contributed by atoms with Gasteiger partial charge in [0.05, 0.1) is 16.8 Å². The van der Waals surface area contributed by atoms with Gasteiger partial charge in [-0.1, -0.05) is 24.3 Å². The van der Waals surface area contributed by atoms with Gasteiger partial charge in [0.2, 0.25) is 5.91 Å². The first-order valence-corrected chi connectivity index (χ1v) is 11.3. The molecule has 2 amide bonds. The lowest BCUT2D eigenvalue weighted by molar-refractivity contribution is -0.117. The summed E-state index contributed by atoms with van der Waals surface area (Å²) in [4.78, 5) is 34.2. The number of carbonyl (C=O) groups excluding carboxylic acids is 2. The summed E-state index contributed by atoms with van der Waals surface area (Å²) in [6, 6.07) is 13.1. The van der Waals surface area contributed by atoms with Crippen molar-refractivity contribution in [1.82, 2.24) is 19.6 Å². The van der Waals surface area contributed by atoms with Gasteiger partial charge >= 0.3 is 0 Å². The van der Waals surface area contributed by atoms with E-state index in [1.807, 2.05) is 43.1 Å². The average Bonchev–Trinajstić information content (AvgIpc) is 2.74. The normalized spacial score (nSPS) is 11.3. The molecule has 0 saturated carbocycles. The highest BCUT2D eigenvalue weighted by Gasteiger charge is 2.17. The van der Waals surface area contributed by atoms with Crippen molar-refractivity contribution in [2.24, 2.45) is 0 Å². The molecule has 11 heteroatoms. The Balaban J connectivity index is 1.78. The third-order valence-electron chi connectivity index (χ3n) is 4.46. The number of hydrogen-bond donors (Lipinski definition) is 3. The highest BCUT2D eigenvalue weighted by atomic mass is 32.2. The third-order valence-corrected chi connectivity index (χ3v) is 5.91. The Kier molecular flexibility index (Phi) is 7.04. The molecule has 0 spiro atoms. The minimum atomic E-state index is -3.97. The summed E-state index contributed by atoms with van der Waals surface area (Å²) in [7, 11) is 0.00459. The van der Waals surface area contributed by atoms with Gasteiger partial charge in [0.1, 0.15) is 0 Å². The fourth-order valence-corrected chi connectivity index (χ4v) is 4.00. The molecule has 4 N–H and O–H groups in total. The van der Waals surface area contributed by atoms with Crippen molar-refractivity contribution in [2.75, 3.05) is 25.1 Å². The first kappa shape index (κ1) is 23.8. The first-order chi connectivity index (χ1) is 15.5. The number of nitrogens with two attached hydrogens (primary N) is 1. The zero-order valence-corrected chi connectivity index (χ0v) is 19.2. The fourth-order valence-electron chi connectivity index (χ4n) is 3.01. The summed E-state index contributed by atoms with van der Waals surface area (Å²) in [5.74, 6) is -1.33. The van der Waals surface area contributed by atoms with Crippen molar-refractivity contribution in [3.8, 4) is 11.3 Å². The van der Waals surface area contributed by atoms with Gasteiger partial charge in [0, 0.05) is 24.7 Å². The molecule has 0 aliphatic heterocycles. The Morgan fingerprint density at radius 2 is 1.67 bits per heavy atom. The summed E-state index contributed by atoms with van der Waals surface area (Å²) in [5, 5.41) is 2.62. The van der Waals surface area contributed by atoms with E-state index in [1.165, 1.54) is 30.5 Å². The molecule has 0 radical (unpaired) electrons. The van der Waals surface area contributed by atoms with Crippen LogP contribution in [0.1, 0.15) is 23.0 Å². The summed E-state index contributed by atoms with van der Waals surface area (Å²) >= 11 is 0. The summed E-state index contributed by atoms with van der Waals surface area (Å²) in [6.07, 6.45) is 1.49. The maximum absolute atomic E-state index is 12.7. The van der Waals surface area contributed by atoms with E-state index in [-0.39, 0.29) is 16.4 Å². The molecule has 3 rings (SSSR count). The van der Waals surface area contributed by atoms with Gasteiger partial charge in [0.15, 0.2) is 11.5 Å². The maximum Gasteiger partial charge on any atom is 0.278 e. The van der Waals surface area contributed by atoms with Gasteiger partial charge in [-0.05, 0) is 43.9 Å². The second kappa shape index (κ2) is 9.76. The van der Waals surface area contributed by atoms with Crippen LogP contribution in [-0.2, 0) is 21.4 Å². The Bertz CT molecular complexity index is 1270. The molecule has 172 valence electrons. The van der Waals surface area contributed by atoms with Crippen molar-refractivity contribution in [2.45, 2.75) is 18.4 Å². The van der Waals surface area contributed by atoms with Crippen molar-refractivity contribution >= 4 is 33.3 Å². The van der Waals surface area contributed by atoms with Crippen LogP contribution in [0.15, 0.2) is 59.6 Å². The molecule has 2 aromatic carbocycles. The summed E-state index contributed by atoms with van der Waals surface area (Å²) in [6.45, 7) is 1.90. The predicted molar refractivity (Wildman–Crippen MR) is 125 cm³/mol. The quantitative estimate of drug-likeness (QED) is 0.476. The van der Waals surface area contributed by atoms with E-state index in [4.69, 9.17) is 5.73 Å². The number of sulfonamides is 1. The number of amides is 2. The Hall–Kier alpha value is -3.83. The highest BCUT2D eigenvalue weighted by Crippen LogP contribution is 2.21. The fraction of sp³-hybridized carbons (Fsp3) is 0.182. The minimum Gasteiger partial charge on any atom is -0.382 e. The van der Waals surface area contributed by atoms with Crippen LogP contribution in [0.3, 0.4) is 0 Å². The number of hydrogen-bond acceptors (Lipinski definition) is 8. The standard InChI is InChI=1S/C22H24N6O4S/c1-14(29)27-33(31,32)18-10-8-17(9-11-18)25-22(30)20-21(23)24-12-19(26-20)16-6-4-15(5-7-16)13-28(2)3/h4-12H,13H2,1-3H3,(H2,23,24)(H,25,30)(H,27,29). The van der Waals surface area contributed by atoms with Crippen molar-refractivity contribution in [3.63, 3.8) is 0 Å². The molecule has 0 aliphatic rings. The molecule has 0 atom stereocenters. The molecule has 33 heavy (non-hydrogen) atoms. The monoisotopic (exact) mass is 468 g/mol. The lowest BCUT2D eigenvalue weighted by Crippen LogP contribution is -2.28. The SMILES string of the molecule is CC(=O)NS(=O)(=O)c1ccc(NC(=O)c2nc(-c3ccc(CN(C)C)cc3)cnc2N)cc1. The largest absolute Gasteiger partial charge is 0.382 e. The number of carbonyl (C=O) groups is 2. The van der Waals surface area contributed by atoms with Crippen LogP contribution >= 0.6 is 0 Å². The molecule has 3 aromatic rings. The van der Waals surface area contributed by atoms with Crippen LogP contribution < -0.4 is 15.8 Å². The van der Waals surface area contributed by atoms with E-state index >= 15 is 0 Å². The first-order valence-electron chi connectivity index (χ1n) is 9.86. The molecule has 0 aliphatic carbocycles. The molecular weight excluding hydrogens is 444 g/mol. The zero-order valence-electron chi connectivity index (χ0n) is 18.4. The molecule has 0 bridgehead atoms. The van der Waals surface area contributed by atoms with E-state index < -0.39 is 21.8 Å². The van der Waals surface area contributed by atoms with Gasteiger partial charge in [0.25, 0.3) is 15.9 Å². The third kappa shape index (κ3) is 6.11. The molecule has 0 saturated heterocycles. The van der Waals surface area contributed by atoms with Gasteiger partial charge < -0.3 is 16.0 Å². The Labute approximate surface area is 191 Å². The molecule has 0 unspecified atom stereocenters. The number of nitrogens with one attached hydrogen (secondary N) is 2. The van der Waals surface area contributed by atoms with E-state index in [1.54, 1.807) is 0 Å². The van der Waals surface area contributed by atoms with Crippen LogP contribution in [0, 0.1) is 0 Å². The molecular formula is C22H24N6O4S. The average molecular weight is 469 g/mol. The van der Waals surface area contributed by atoms with Gasteiger partial charge in [-0.2, -0.15) is 0 Å². The van der Waals surface area contributed by atoms with Crippen molar-refractivity contribution in [3.05, 3.63) is 66.0 Å². The highest BCUT2D eigenvalue weighted by molar-refractivity contribution is 7.90. The van der Waals surface area contributed by atoms with E-state index in [0.29, 0.717) is 11.4 Å². The van der Waals surface area contributed by atoms with Gasteiger partial charge in [-0.3, -0.25) is 9.59 Å². The lowest BCUT2D eigenvalue weighted by Gasteiger charge is -2.11. The molecule has 1 heterocycles. The molecule has 10 nitrogen and oxygen atoms in total. The van der Waals surface area contributed by atoms with Crippen LogP contribution in [-0.4, -0.2) is 49.2 Å². The number of aromatic nitrogens is 2. The van der Waals surface area contributed by atoms with E-state index in [9.17, 15) is 18.0 Å². The topological polar surface area (TPSA) is 147 Å². The maximum atomic E-state index is 12.7. The number of rotatable bonds is 7. The van der Waals surface area contributed by atoms with Crippen molar-refractivity contribution in [1.29, 1.82) is 0 Å². The zero-order chi connectivity index (χ0) is 24.2. The minimum absolute atomic E-state index is 0.0367. The van der Waals surface area contributed by atoms with Crippen LogP contribution in [0.5, 0.6) is 0 Å². The smallest absolute Gasteiger partial charge is 0.278 e. The van der Waals surface area contributed by atoms with Crippen LogP contribution in [0.25, 0.3) is 11.3 Å². The summed E-state index contributed by atoms with van der Waals surface area (Å²) < 4.78 is 25.9. The van der Waals surface area contributed by atoms with Gasteiger partial charge in [-0.25, -0.2) is 23.1 Å². The van der Waals surface area contributed by atoms with E-state index in [0.717, 1.165) is 24.6 Å². The number of benzene rings is 2. The molecule has 1 aromatic heterocycles. The lowest BCUT2D eigenvalue weighted by atomic mass is 10.1. The van der Waals surface area contributed by atoms with Crippen molar-refractivity contribution < 1.29 is 18.0 Å². The number of anilines is 2. The van der Waals surface area contributed by atoms with E-state index in [2.05, 4.69) is 20.2 Å². The number of nitrogen functional groups attached to an aromatic ring is 1. The number of nitrogens with zero attached hydrogens (tertiary/aromatic N) is 3. The van der Waals surface area contributed by atoms with Crippen LogP contribution in [0.4, 0.5) is 11.5 Å². The Morgan fingerprint density at radius 3 is 2.24 bits per heavy atom. The molecule has 0 fully saturated rings. The van der Waals surface area contributed by atoms with Crippen LogP contribution in [0.2, 0.25) is 0 Å². The second-order valence-corrected chi connectivity index (χ2v) is 9.25.